The normalized spacial score (nSPS) is 11.1. The largest absolute Gasteiger partial charge is 0.269 e. The zero-order valence-corrected chi connectivity index (χ0v) is 9.59. The first-order chi connectivity index (χ1) is 8.24. The highest BCUT2D eigenvalue weighted by Crippen LogP contribution is 2.10. The average molecular weight is 227 g/mol. The van der Waals surface area contributed by atoms with E-state index in [9.17, 15) is 9.59 Å². The summed E-state index contributed by atoms with van der Waals surface area (Å²) in [6, 6.07) is 10.5. The molecule has 3 heteroatoms. The summed E-state index contributed by atoms with van der Waals surface area (Å²) in [4.78, 5) is 23.7. The average Bonchev–Trinajstić information content (AvgIpc) is 2.35. The molecule has 86 valence electrons. The molecule has 0 aliphatic rings. The second-order valence-electron chi connectivity index (χ2n) is 3.71. The molecular formula is C14H13NO2. The lowest BCUT2D eigenvalue weighted by Crippen LogP contribution is -2.24. The molecule has 0 amide bonds. The highest BCUT2D eigenvalue weighted by atomic mass is 16.2. The molecule has 1 aromatic carbocycles. The van der Waals surface area contributed by atoms with E-state index in [1.54, 1.807) is 18.2 Å². The third kappa shape index (κ3) is 2.18. The van der Waals surface area contributed by atoms with Gasteiger partial charge in [-0.05, 0) is 30.0 Å². The van der Waals surface area contributed by atoms with Crippen LogP contribution in [0.3, 0.4) is 0 Å². The summed E-state index contributed by atoms with van der Waals surface area (Å²) < 4.78 is 1.20. The summed E-state index contributed by atoms with van der Waals surface area (Å²) in [5.74, 6) is -0.298. The molecule has 0 aliphatic carbocycles. The predicted octanol–water partition coefficient (Wildman–Crippen LogP) is 2.61. The third-order valence-electron chi connectivity index (χ3n) is 2.52. The lowest BCUT2D eigenvalue weighted by molar-refractivity contribution is 0.0970. The van der Waals surface area contributed by atoms with Crippen LogP contribution in [0.2, 0.25) is 0 Å². The molecule has 1 aromatic heterocycles. The Morgan fingerprint density at radius 3 is 2.76 bits per heavy atom. The van der Waals surface area contributed by atoms with Crippen molar-refractivity contribution in [3.63, 3.8) is 0 Å². The number of rotatable bonds is 2. The first-order valence-electron chi connectivity index (χ1n) is 5.55. The maximum absolute atomic E-state index is 11.9. The van der Waals surface area contributed by atoms with Crippen LogP contribution in [0, 0.1) is 0 Å². The Morgan fingerprint density at radius 2 is 2.00 bits per heavy atom. The highest BCUT2D eigenvalue weighted by Gasteiger charge is 2.07. The summed E-state index contributed by atoms with van der Waals surface area (Å²) in [5, 5.41) is 0.880. The lowest BCUT2D eigenvalue weighted by Gasteiger charge is -2.05. The van der Waals surface area contributed by atoms with E-state index in [0.29, 0.717) is 5.52 Å². The molecule has 0 saturated carbocycles. The molecule has 0 spiro atoms. The van der Waals surface area contributed by atoms with Gasteiger partial charge in [-0.1, -0.05) is 31.2 Å². The van der Waals surface area contributed by atoms with Gasteiger partial charge in [-0.2, -0.15) is 0 Å². The van der Waals surface area contributed by atoms with Gasteiger partial charge < -0.3 is 0 Å². The van der Waals surface area contributed by atoms with Crippen molar-refractivity contribution >= 4 is 16.8 Å². The van der Waals surface area contributed by atoms with Gasteiger partial charge in [0.2, 0.25) is 0 Å². The second kappa shape index (κ2) is 4.78. The molecule has 0 atom stereocenters. The van der Waals surface area contributed by atoms with Crippen molar-refractivity contribution in [2.75, 3.05) is 0 Å². The van der Waals surface area contributed by atoms with E-state index >= 15 is 0 Å². The molecule has 3 nitrogen and oxygen atoms in total. The van der Waals surface area contributed by atoms with E-state index in [-0.39, 0.29) is 11.5 Å². The Labute approximate surface area is 99.0 Å². The Balaban J connectivity index is 2.67. The van der Waals surface area contributed by atoms with Crippen LogP contribution in [0.1, 0.15) is 18.1 Å². The minimum absolute atomic E-state index is 0.297. The molecule has 1 heterocycles. The number of carbonyl (C=O) groups excluding carboxylic acids is 1. The molecule has 0 saturated heterocycles. The fourth-order valence-corrected chi connectivity index (χ4v) is 1.71. The van der Waals surface area contributed by atoms with Gasteiger partial charge in [-0.25, -0.2) is 4.57 Å². The molecule has 0 bridgehead atoms. The Kier molecular flexibility index (Phi) is 3.19. The number of hydrogen-bond acceptors (Lipinski definition) is 2. The molecule has 0 N–H and O–H groups in total. The van der Waals surface area contributed by atoms with Gasteiger partial charge in [0.1, 0.15) is 0 Å². The fourth-order valence-electron chi connectivity index (χ4n) is 1.71. The maximum Gasteiger partial charge on any atom is 0.258 e. The van der Waals surface area contributed by atoms with Crippen molar-refractivity contribution in [1.82, 2.24) is 4.57 Å². The van der Waals surface area contributed by atoms with Gasteiger partial charge in [0.05, 0.1) is 5.52 Å². The van der Waals surface area contributed by atoms with Crippen LogP contribution >= 0.6 is 0 Å². The van der Waals surface area contributed by atoms with Crippen molar-refractivity contribution in [3.8, 4) is 0 Å². The zero-order valence-electron chi connectivity index (χ0n) is 9.59. The van der Waals surface area contributed by atoms with E-state index in [0.717, 1.165) is 11.8 Å². The Hall–Kier alpha value is -2.16. The van der Waals surface area contributed by atoms with Crippen molar-refractivity contribution in [1.29, 1.82) is 0 Å². The number of benzene rings is 1. The Bertz CT molecular complexity index is 638. The number of nitrogens with zero attached hydrogens (tertiary/aromatic N) is 1. The highest BCUT2D eigenvalue weighted by molar-refractivity contribution is 5.97. The summed E-state index contributed by atoms with van der Waals surface area (Å²) >= 11 is 0. The molecule has 0 fully saturated rings. The van der Waals surface area contributed by atoms with Crippen LogP contribution in [-0.4, -0.2) is 10.5 Å². The van der Waals surface area contributed by atoms with E-state index < -0.39 is 0 Å². The van der Waals surface area contributed by atoms with Gasteiger partial charge in [0.25, 0.3) is 11.5 Å². The molecular weight excluding hydrogens is 214 g/mol. The van der Waals surface area contributed by atoms with E-state index in [1.165, 1.54) is 16.7 Å². The summed E-state index contributed by atoms with van der Waals surface area (Å²) in [7, 11) is 0. The number of allylic oxidation sites excluding steroid dienone is 2. The SMILES string of the molecule is CCC=CC(=O)n1c(=O)ccc2ccccc21. The third-order valence-corrected chi connectivity index (χ3v) is 2.52. The molecule has 0 aliphatic heterocycles. The van der Waals surface area contributed by atoms with Crippen LogP contribution in [0.15, 0.2) is 53.3 Å². The van der Waals surface area contributed by atoms with Crippen molar-refractivity contribution in [2.24, 2.45) is 0 Å². The first kappa shape index (κ1) is 11.3. The van der Waals surface area contributed by atoms with Crippen LogP contribution < -0.4 is 5.56 Å². The van der Waals surface area contributed by atoms with Crippen LogP contribution in [0.25, 0.3) is 10.9 Å². The number of pyridine rings is 1. The van der Waals surface area contributed by atoms with Gasteiger partial charge >= 0.3 is 0 Å². The molecule has 0 unspecified atom stereocenters. The van der Waals surface area contributed by atoms with Gasteiger partial charge in [0, 0.05) is 6.07 Å². The first-order valence-corrected chi connectivity index (χ1v) is 5.55. The minimum atomic E-state index is -0.298. The number of aromatic nitrogens is 1. The van der Waals surface area contributed by atoms with Crippen molar-refractivity contribution in [2.45, 2.75) is 13.3 Å². The number of hydrogen-bond donors (Lipinski definition) is 0. The lowest BCUT2D eigenvalue weighted by atomic mass is 10.2. The van der Waals surface area contributed by atoms with Crippen molar-refractivity contribution < 1.29 is 4.79 Å². The number of fused-ring (bicyclic) bond motifs is 1. The summed E-state index contributed by atoms with van der Waals surface area (Å²) in [5.41, 5.74) is 0.347. The van der Waals surface area contributed by atoms with Gasteiger partial charge in [-0.3, -0.25) is 9.59 Å². The Morgan fingerprint density at radius 1 is 1.24 bits per heavy atom. The van der Waals surface area contributed by atoms with E-state index in [1.807, 2.05) is 25.1 Å². The minimum Gasteiger partial charge on any atom is -0.269 e. The molecule has 17 heavy (non-hydrogen) atoms. The topological polar surface area (TPSA) is 39.1 Å². The molecule has 2 rings (SSSR count). The quantitative estimate of drug-likeness (QED) is 0.740. The van der Waals surface area contributed by atoms with Crippen LogP contribution in [0.4, 0.5) is 0 Å². The molecule has 2 aromatic rings. The molecule has 0 radical (unpaired) electrons. The zero-order chi connectivity index (χ0) is 12.3. The van der Waals surface area contributed by atoms with Gasteiger partial charge in [-0.15, -0.1) is 0 Å². The summed E-state index contributed by atoms with van der Waals surface area (Å²) in [6.45, 7) is 1.94. The van der Waals surface area contributed by atoms with Crippen LogP contribution in [0.5, 0.6) is 0 Å². The van der Waals surface area contributed by atoms with Gasteiger partial charge in [0.15, 0.2) is 0 Å². The standard InChI is InChI=1S/C14H13NO2/c1-2-3-8-13(16)15-12-7-5-4-6-11(12)9-10-14(15)17/h3-10H,2H2,1H3. The van der Waals surface area contributed by atoms with E-state index in [4.69, 9.17) is 0 Å². The monoisotopic (exact) mass is 227 g/mol. The summed E-state index contributed by atoms with van der Waals surface area (Å²) in [6.07, 6.45) is 3.95. The fraction of sp³-hybridized carbons (Fsp3) is 0.143. The number of carbonyl (C=O) groups is 1. The smallest absolute Gasteiger partial charge is 0.258 e. The van der Waals surface area contributed by atoms with Crippen LogP contribution in [-0.2, 0) is 0 Å². The second-order valence-corrected chi connectivity index (χ2v) is 3.71. The predicted molar refractivity (Wildman–Crippen MR) is 68.3 cm³/mol. The maximum atomic E-state index is 11.9. The number of para-hydroxylation sites is 1. The van der Waals surface area contributed by atoms with Crippen molar-refractivity contribution in [3.05, 3.63) is 58.9 Å². The van der Waals surface area contributed by atoms with E-state index in [2.05, 4.69) is 0 Å².